The number of fused-ring (bicyclic) bond motifs is 1. The minimum Gasteiger partial charge on any atom is -0.493 e. The third-order valence-corrected chi connectivity index (χ3v) is 4.73. The summed E-state index contributed by atoms with van der Waals surface area (Å²) in [6, 6.07) is 11.9. The van der Waals surface area contributed by atoms with E-state index in [-0.39, 0.29) is 11.7 Å². The second-order valence-electron chi connectivity index (χ2n) is 5.13. The number of hydrogen-bond acceptors (Lipinski definition) is 4. The van der Waals surface area contributed by atoms with Crippen molar-refractivity contribution in [1.29, 1.82) is 0 Å². The van der Waals surface area contributed by atoms with Gasteiger partial charge in [0, 0.05) is 16.6 Å². The molecular weight excluding hydrogens is 329 g/mol. The molecule has 3 aromatic rings. The number of halogens is 1. The summed E-state index contributed by atoms with van der Waals surface area (Å²) in [5.41, 5.74) is 0.883. The first-order valence-electron chi connectivity index (χ1n) is 7.29. The minimum atomic E-state index is -0.317. The number of rotatable bonds is 5. The quantitative estimate of drug-likeness (QED) is 0.761. The number of thiophene rings is 1. The van der Waals surface area contributed by atoms with Gasteiger partial charge in [-0.15, -0.1) is 11.3 Å². The Balaban J connectivity index is 1.74. The number of nitrogens with one attached hydrogen (secondary N) is 1. The van der Waals surface area contributed by atoms with Crippen molar-refractivity contribution in [1.82, 2.24) is 5.32 Å². The molecule has 24 heavy (non-hydrogen) atoms. The first-order valence-corrected chi connectivity index (χ1v) is 8.11. The Morgan fingerprint density at radius 1 is 1.12 bits per heavy atom. The van der Waals surface area contributed by atoms with Crippen molar-refractivity contribution < 1.29 is 18.7 Å². The average Bonchev–Trinajstić information content (AvgIpc) is 3.05. The highest BCUT2D eigenvalue weighted by Crippen LogP contribution is 2.29. The molecule has 6 heteroatoms. The first-order chi connectivity index (χ1) is 11.6. The molecule has 0 fully saturated rings. The van der Waals surface area contributed by atoms with Crippen LogP contribution in [0.2, 0.25) is 0 Å². The van der Waals surface area contributed by atoms with Gasteiger partial charge in [-0.05, 0) is 35.9 Å². The van der Waals surface area contributed by atoms with Crippen LogP contribution in [-0.2, 0) is 6.54 Å². The normalized spacial score (nSPS) is 10.6. The van der Waals surface area contributed by atoms with Crippen molar-refractivity contribution >= 4 is 27.3 Å². The van der Waals surface area contributed by atoms with Gasteiger partial charge in [-0.25, -0.2) is 4.39 Å². The lowest BCUT2D eigenvalue weighted by Gasteiger charge is -2.10. The molecule has 0 saturated heterocycles. The van der Waals surface area contributed by atoms with E-state index in [0.29, 0.717) is 28.3 Å². The molecule has 1 heterocycles. The van der Waals surface area contributed by atoms with E-state index in [1.54, 1.807) is 38.5 Å². The van der Waals surface area contributed by atoms with Gasteiger partial charge in [0.2, 0.25) is 0 Å². The van der Waals surface area contributed by atoms with Crippen LogP contribution >= 0.6 is 11.3 Å². The van der Waals surface area contributed by atoms with Gasteiger partial charge in [0.15, 0.2) is 11.5 Å². The van der Waals surface area contributed by atoms with Gasteiger partial charge in [-0.3, -0.25) is 4.79 Å². The van der Waals surface area contributed by atoms with Crippen LogP contribution in [0.25, 0.3) is 10.1 Å². The van der Waals surface area contributed by atoms with E-state index in [1.165, 1.54) is 17.4 Å². The number of carbonyl (C=O) groups is 1. The van der Waals surface area contributed by atoms with Gasteiger partial charge < -0.3 is 14.8 Å². The number of carbonyl (C=O) groups excluding carboxylic acids is 1. The van der Waals surface area contributed by atoms with Crippen LogP contribution in [-0.4, -0.2) is 20.1 Å². The molecule has 0 atom stereocenters. The molecule has 0 bridgehead atoms. The molecule has 3 rings (SSSR count). The molecule has 0 saturated carbocycles. The summed E-state index contributed by atoms with van der Waals surface area (Å²) in [5, 5.41) is 3.31. The standard InChI is InChI=1S/C18H16FNO3S/c1-22-14-7-6-11(8-15(14)23-2)10-20-18(21)17-9-12-13(19)4-3-5-16(12)24-17/h3-9H,10H2,1-2H3,(H,20,21). The van der Waals surface area contributed by atoms with Crippen molar-refractivity contribution in [2.45, 2.75) is 6.54 Å². The molecule has 0 aliphatic carbocycles. The summed E-state index contributed by atoms with van der Waals surface area (Å²) >= 11 is 1.27. The molecule has 124 valence electrons. The maximum absolute atomic E-state index is 13.7. The zero-order valence-corrected chi connectivity index (χ0v) is 14.1. The van der Waals surface area contributed by atoms with Gasteiger partial charge in [0.25, 0.3) is 5.91 Å². The van der Waals surface area contributed by atoms with E-state index < -0.39 is 0 Å². The fourth-order valence-electron chi connectivity index (χ4n) is 2.40. The predicted octanol–water partition coefficient (Wildman–Crippen LogP) is 3.99. The smallest absolute Gasteiger partial charge is 0.261 e. The zero-order chi connectivity index (χ0) is 17.1. The van der Waals surface area contributed by atoms with Crippen molar-refractivity contribution in [3.8, 4) is 11.5 Å². The predicted molar refractivity (Wildman–Crippen MR) is 92.5 cm³/mol. The summed E-state index contributed by atoms with van der Waals surface area (Å²) < 4.78 is 24.9. The van der Waals surface area contributed by atoms with Crippen molar-refractivity contribution in [3.05, 3.63) is 58.7 Å². The molecule has 1 amide bonds. The fourth-order valence-corrected chi connectivity index (χ4v) is 3.39. The first kappa shape index (κ1) is 16.3. The van der Waals surface area contributed by atoms with Crippen molar-refractivity contribution in [2.75, 3.05) is 14.2 Å². The summed E-state index contributed by atoms with van der Waals surface area (Å²) in [7, 11) is 3.13. The van der Waals surface area contributed by atoms with Crippen LogP contribution in [0.3, 0.4) is 0 Å². The molecule has 0 spiro atoms. The van der Waals surface area contributed by atoms with Gasteiger partial charge in [0.1, 0.15) is 5.82 Å². The van der Waals surface area contributed by atoms with E-state index in [1.807, 2.05) is 12.1 Å². The van der Waals surface area contributed by atoms with E-state index in [9.17, 15) is 9.18 Å². The van der Waals surface area contributed by atoms with E-state index in [2.05, 4.69) is 5.32 Å². The Morgan fingerprint density at radius 3 is 2.62 bits per heavy atom. The zero-order valence-electron chi connectivity index (χ0n) is 13.3. The van der Waals surface area contributed by atoms with Gasteiger partial charge >= 0.3 is 0 Å². The number of amides is 1. The van der Waals surface area contributed by atoms with Crippen molar-refractivity contribution in [3.63, 3.8) is 0 Å². The molecule has 0 radical (unpaired) electrons. The van der Waals surface area contributed by atoms with Gasteiger partial charge in [-0.2, -0.15) is 0 Å². The Bertz CT molecular complexity index is 891. The largest absolute Gasteiger partial charge is 0.493 e. The lowest BCUT2D eigenvalue weighted by atomic mass is 10.2. The monoisotopic (exact) mass is 345 g/mol. The molecule has 1 N–H and O–H groups in total. The van der Waals surface area contributed by atoms with Gasteiger partial charge in [-0.1, -0.05) is 12.1 Å². The van der Waals surface area contributed by atoms with Crippen LogP contribution in [0, 0.1) is 5.82 Å². The van der Waals surface area contributed by atoms with Crippen LogP contribution in [0.5, 0.6) is 11.5 Å². The van der Waals surface area contributed by atoms with Gasteiger partial charge in [0.05, 0.1) is 19.1 Å². The summed E-state index contributed by atoms with van der Waals surface area (Å²) in [6.07, 6.45) is 0. The highest BCUT2D eigenvalue weighted by atomic mass is 32.1. The molecule has 0 aliphatic rings. The molecule has 4 nitrogen and oxygen atoms in total. The molecule has 2 aromatic carbocycles. The highest BCUT2D eigenvalue weighted by molar-refractivity contribution is 7.20. The topological polar surface area (TPSA) is 47.6 Å². The Kier molecular flexibility index (Phi) is 4.66. The molecule has 1 aromatic heterocycles. The van der Waals surface area contributed by atoms with E-state index >= 15 is 0 Å². The number of hydrogen-bond donors (Lipinski definition) is 1. The maximum Gasteiger partial charge on any atom is 0.261 e. The summed E-state index contributed by atoms with van der Waals surface area (Å²) in [6.45, 7) is 0.343. The summed E-state index contributed by atoms with van der Waals surface area (Å²) in [4.78, 5) is 12.8. The van der Waals surface area contributed by atoms with Crippen LogP contribution in [0.1, 0.15) is 15.2 Å². The second-order valence-corrected chi connectivity index (χ2v) is 6.22. The average molecular weight is 345 g/mol. The lowest BCUT2D eigenvalue weighted by Crippen LogP contribution is -2.21. The third-order valence-electron chi connectivity index (χ3n) is 3.63. The second kappa shape index (κ2) is 6.88. The SMILES string of the molecule is COc1ccc(CNC(=O)c2cc3c(F)cccc3s2)cc1OC. The fraction of sp³-hybridized carbons (Fsp3) is 0.167. The number of benzene rings is 2. The Morgan fingerprint density at radius 2 is 1.92 bits per heavy atom. The number of methoxy groups -OCH3 is 2. The summed E-state index contributed by atoms with van der Waals surface area (Å²) in [5.74, 6) is 0.689. The van der Waals surface area contributed by atoms with Crippen LogP contribution < -0.4 is 14.8 Å². The maximum atomic E-state index is 13.7. The minimum absolute atomic E-state index is 0.231. The van der Waals surface area contributed by atoms with Crippen molar-refractivity contribution in [2.24, 2.45) is 0 Å². The van der Waals surface area contributed by atoms with E-state index in [4.69, 9.17) is 9.47 Å². The highest BCUT2D eigenvalue weighted by Gasteiger charge is 2.12. The number of ether oxygens (including phenoxy) is 2. The third kappa shape index (κ3) is 3.19. The van der Waals surface area contributed by atoms with E-state index in [0.717, 1.165) is 10.3 Å². The molecule has 0 aliphatic heterocycles. The Hall–Kier alpha value is -2.60. The molecule has 0 unspecified atom stereocenters. The lowest BCUT2D eigenvalue weighted by molar-refractivity contribution is 0.0955. The Labute approximate surface area is 142 Å². The molecular formula is C18H16FNO3S. The van der Waals surface area contributed by atoms with Crippen LogP contribution in [0.15, 0.2) is 42.5 Å². The van der Waals surface area contributed by atoms with Crippen LogP contribution in [0.4, 0.5) is 4.39 Å².